The summed E-state index contributed by atoms with van der Waals surface area (Å²) in [5.74, 6) is -0.913. The molecule has 1 aliphatic carbocycles. The standard InChI is InChI=1S/C18H17N3O4S/c19-17(23)16-13-3-1-2-4-14(13)26-18(16)20-15(22)10-7-11-5-8-12(9-6-11)21(24)25/h5-10H,1-4H2,(H2,19,23)(H,20,22)/b10-7+. The fourth-order valence-electron chi connectivity index (χ4n) is 2.95. The molecule has 2 aromatic rings. The molecule has 0 fully saturated rings. The number of primary amides is 1. The molecule has 3 rings (SSSR count). The summed E-state index contributed by atoms with van der Waals surface area (Å²) >= 11 is 1.40. The number of anilines is 1. The number of nitrogens with one attached hydrogen (secondary N) is 1. The first-order valence-corrected chi connectivity index (χ1v) is 8.95. The van der Waals surface area contributed by atoms with E-state index in [1.807, 2.05) is 0 Å². The van der Waals surface area contributed by atoms with E-state index in [-0.39, 0.29) is 11.6 Å². The molecule has 1 aromatic carbocycles. The SMILES string of the molecule is NC(=O)c1c(NC(=O)/C=C/c2ccc([N+](=O)[O-])cc2)sc2c1CCCC2. The van der Waals surface area contributed by atoms with Gasteiger partial charge in [0.15, 0.2) is 0 Å². The number of hydrogen-bond donors (Lipinski definition) is 2. The highest BCUT2D eigenvalue weighted by molar-refractivity contribution is 7.17. The van der Waals surface area contributed by atoms with E-state index in [1.54, 1.807) is 18.2 Å². The number of rotatable bonds is 5. The third-order valence-electron chi connectivity index (χ3n) is 4.19. The van der Waals surface area contributed by atoms with Crippen LogP contribution in [0.3, 0.4) is 0 Å². The summed E-state index contributed by atoms with van der Waals surface area (Å²) in [5, 5.41) is 13.9. The number of nitrogens with two attached hydrogens (primary N) is 1. The Balaban J connectivity index is 1.75. The number of nitro groups is 1. The van der Waals surface area contributed by atoms with Gasteiger partial charge in [0.25, 0.3) is 11.6 Å². The highest BCUT2D eigenvalue weighted by Crippen LogP contribution is 2.37. The van der Waals surface area contributed by atoms with Gasteiger partial charge in [-0.15, -0.1) is 11.3 Å². The summed E-state index contributed by atoms with van der Waals surface area (Å²) in [6, 6.07) is 5.85. The number of nitrogens with zero attached hydrogens (tertiary/aromatic N) is 1. The Hall–Kier alpha value is -3.00. The quantitative estimate of drug-likeness (QED) is 0.476. The average molecular weight is 371 g/mol. The summed E-state index contributed by atoms with van der Waals surface area (Å²) in [4.78, 5) is 35.3. The van der Waals surface area contributed by atoms with Crippen LogP contribution in [0.15, 0.2) is 30.3 Å². The second-order valence-corrected chi connectivity index (χ2v) is 7.06. The smallest absolute Gasteiger partial charge is 0.269 e. The number of hydrogen-bond acceptors (Lipinski definition) is 5. The molecule has 0 spiro atoms. The minimum Gasteiger partial charge on any atom is -0.365 e. The first-order valence-electron chi connectivity index (χ1n) is 8.13. The molecule has 26 heavy (non-hydrogen) atoms. The summed E-state index contributed by atoms with van der Waals surface area (Å²) in [5.41, 5.74) is 7.53. The summed E-state index contributed by atoms with van der Waals surface area (Å²) in [7, 11) is 0. The highest BCUT2D eigenvalue weighted by atomic mass is 32.1. The van der Waals surface area contributed by atoms with E-state index in [9.17, 15) is 19.7 Å². The molecular weight excluding hydrogens is 354 g/mol. The second-order valence-electron chi connectivity index (χ2n) is 5.95. The van der Waals surface area contributed by atoms with Crippen LogP contribution in [-0.4, -0.2) is 16.7 Å². The lowest BCUT2D eigenvalue weighted by atomic mass is 9.95. The zero-order valence-electron chi connectivity index (χ0n) is 13.9. The number of fused-ring (bicyclic) bond motifs is 1. The van der Waals surface area contributed by atoms with Gasteiger partial charge in [-0.1, -0.05) is 0 Å². The molecule has 1 aromatic heterocycles. The van der Waals surface area contributed by atoms with Crippen LogP contribution < -0.4 is 11.1 Å². The van der Waals surface area contributed by atoms with E-state index in [4.69, 9.17) is 5.73 Å². The lowest BCUT2D eigenvalue weighted by Gasteiger charge is -2.11. The fraction of sp³-hybridized carbons (Fsp3) is 0.222. The zero-order chi connectivity index (χ0) is 18.7. The first kappa shape index (κ1) is 17.8. The summed E-state index contributed by atoms with van der Waals surface area (Å²) in [6.45, 7) is 0. The van der Waals surface area contributed by atoms with Gasteiger partial charge in [-0.2, -0.15) is 0 Å². The van der Waals surface area contributed by atoms with E-state index >= 15 is 0 Å². The largest absolute Gasteiger partial charge is 0.365 e. The Bertz CT molecular complexity index is 900. The predicted octanol–water partition coefficient (Wildman–Crippen LogP) is 3.29. The molecule has 134 valence electrons. The molecule has 3 N–H and O–H groups in total. The number of amides is 2. The molecule has 0 saturated heterocycles. The number of thiophene rings is 1. The molecule has 0 radical (unpaired) electrons. The van der Waals surface area contributed by atoms with Crippen LogP contribution in [0, 0.1) is 10.1 Å². The number of nitro benzene ring substituents is 1. The number of benzene rings is 1. The van der Waals surface area contributed by atoms with Crippen molar-refractivity contribution in [3.8, 4) is 0 Å². The van der Waals surface area contributed by atoms with Crippen molar-refractivity contribution in [3.05, 3.63) is 62.0 Å². The van der Waals surface area contributed by atoms with Gasteiger partial charge in [-0.3, -0.25) is 19.7 Å². The third kappa shape index (κ3) is 3.80. The summed E-state index contributed by atoms with van der Waals surface area (Å²) < 4.78 is 0. The minimum atomic E-state index is -0.529. The van der Waals surface area contributed by atoms with Gasteiger partial charge in [0.2, 0.25) is 5.91 Å². The Morgan fingerprint density at radius 3 is 2.54 bits per heavy atom. The Morgan fingerprint density at radius 2 is 1.88 bits per heavy atom. The van der Waals surface area contributed by atoms with Crippen molar-refractivity contribution in [2.45, 2.75) is 25.7 Å². The molecule has 0 aliphatic heterocycles. The van der Waals surface area contributed by atoms with Gasteiger partial charge in [0, 0.05) is 23.1 Å². The van der Waals surface area contributed by atoms with Crippen LogP contribution in [0.4, 0.5) is 10.7 Å². The topological polar surface area (TPSA) is 115 Å². The molecule has 1 aliphatic rings. The highest BCUT2D eigenvalue weighted by Gasteiger charge is 2.24. The van der Waals surface area contributed by atoms with Crippen LogP contribution in [0.1, 0.15) is 39.2 Å². The minimum absolute atomic E-state index is 0.0122. The van der Waals surface area contributed by atoms with Gasteiger partial charge in [-0.25, -0.2) is 0 Å². The first-order chi connectivity index (χ1) is 12.5. The molecule has 7 nitrogen and oxygen atoms in total. The van der Waals surface area contributed by atoms with Crippen molar-refractivity contribution in [1.29, 1.82) is 0 Å². The Morgan fingerprint density at radius 1 is 1.19 bits per heavy atom. The van der Waals surface area contributed by atoms with E-state index in [0.717, 1.165) is 36.1 Å². The number of carbonyl (C=O) groups is 2. The van der Waals surface area contributed by atoms with Crippen molar-refractivity contribution in [1.82, 2.24) is 0 Å². The van der Waals surface area contributed by atoms with Gasteiger partial charge in [0.05, 0.1) is 10.5 Å². The van der Waals surface area contributed by atoms with E-state index < -0.39 is 10.8 Å². The molecule has 0 saturated carbocycles. The molecule has 0 atom stereocenters. The van der Waals surface area contributed by atoms with Crippen LogP contribution in [0.2, 0.25) is 0 Å². The molecule has 0 unspecified atom stereocenters. The fourth-order valence-corrected chi connectivity index (χ4v) is 4.24. The number of aryl methyl sites for hydroxylation is 1. The maximum atomic E-state index is 12.2. The average Bonchev–Trinajstić information content (AvgIpc) is 2.98. The van der Waals surface area contributed by atoms with Crippen molar-refractivity contribution < 1.29 is 14.5 Å². The van der Waals surface area contributed by atoms with Gasteiger partial charge >= 0.3 is 0 Å². The van der Waals surface area contributed by atoms with Crippen LogP contribution in [0.5, 0.6) is 0 Å². The van der Waals surface area contributed by atoms with Crippen LogP contribution in [-0.2, 0) is 17.6 Å². The van der Waals surface area contributed by atoms with Crippen molar-refractivity contribution in [2.75, 3.05) is 5.32 Å². The van der Waals surface area contributed by atoms with E-state index in [0.29, 0.717) is 16.1 Å². The molecule has 8 heteroatoms. The number of non-ortho nitro benzene ring substituents is 1. The Kier molecular flexibility index (Phi) is 5.13. The van der Waals surface area contributed by atoms with E-state index in [1.165, 1.54) is 29.5 Å². The zero-order valence-corrected chi connectivity index (χ0v) is 14.7. The van der Waals surface area contributed by atoms with Crippen molar-refractivity contribution in [2.24, 2.45) is 5.73 Å². The van der Waals surface area contributed by atoms with Crippen molar-refractivity contribution >= 4 is 39.9 Å². The van der Waals surface area contributed by atoms with Crippen molar-refractivity contribution in [3.63, 3.8) is 0 Å². The molecule has 2 amide bonds. The lowest BCUT2D eigenvalue weighted by Crippen LogP contribution is -2.17. The van der Waals surface area contributed by atoms with Gasteiger partial charge < -0.3 is 11.1 Å². The van der Waals surface area contributed by atoms with Crippen LogP contribution >= 0.6 is 11.3 Å². The summed E-state index contributed by atoms with van der Waals surface area (Å²) in [6.07, 6.45) is 6.66. The third-order valence-corrected chi connectivity index (χ3v) is 5.39. The molecular formula is C18H17N3O4S. The molecule has 0 bridgehead atoms. The van der Waals surface area contributed by atoms with E-state index in [2.05, 4.69) is 5.32 Å². The normalized spacial score (nSPS) is 13.4. The number of carbonyl (C=O) groups excluding carboxylic acids is 2. The van der Waals surface area contributed by atoms with Gasteiger partial charge in [0.1, 0.15) is 5.00 Å². The monoisotopic (exact) mass is 371 g/mol. The second kappa shape index (κ2) is 7.49. The van der Waals surface area contributed by atoms with Crippen LogP contribution in [0.25, 0.3) is 6.08 Å². The molecule has 1 heterocycles. The van der Waals surface area contributed by atoms with Gasteiger partial charge in [-0.05, 0) is 55.0 Å². The lowest BCUT2D eigenvalue weighted by molar-refractivity contribution is -0.384. The maximum Gasteiger partial charge on any atom is 0.269 e. The Labute approximate surface area is 153 Å². The maximum absolute atomic E-state index is 12.2. The predicted molar refractivity (Wildman–Crippen MR) is 100 cm³/mol.